The van der Waals surface area contributed by atoms with Gasteiger partial charge in [0.25, 0.3) is 0 Å². The number of nitrogens with zero attached hydrogens (tertiary/aromatic N) is 2. The molecule has 0 saturated carbocycles. The van der Waals surface area contributed by atoms with Crippen LogP contribution in [0.2, 0.25) is 5.02 Å². The molecule has 1 fully saturated rings. The Labute approximate surface area is 189 Å². The number of benzene rings is 2. The number of carboxylic acids is 1. The molecule has 3 aromatic rings. The van der Waals surface area contributed by atoms with Gasteiger partial charge in [0.15, 0.2) is 0 Å². The second-order valence-corrected chi connectivity index (χ2v) is 9.79. The van der Waals surface area contributed by atoms with Crippen molar-refractivity contribution in [3.8, 4) is 11.5 Å². The van der Waals surface area contributed by atoms with Gasteiger partial charge in [0, 0.05) is 0 Å². The Morgan fingerprint density at radius 3 is 2.94 bits per heavy atom. The topological polar surface area (TPSA) is 93.6 Å². The molecule has 2 aromatic carbocycles. The average molecular weight is 507 g/mol. The maximum atomic E-state index is 14.4. The molecule has 1 aromatic heterocycles. The van der Waals surface area contributed by atoms with Crippen molar-refractivity contribution >= 4 is 53.1 Å². The summed E-state index contributed by atoms with van der Waals surface area (Å²) in [6.07, 6.45) is 2.18. The van der Waals surface area contributed by atoms with E-state index in [0.29, 0.717) is 45.2 Å². The SMILES string of the molecule is COc1cc2ncnc([As]c3cccc(Cl)c3F)c2cc1OC1CCNC(C(=O)O)C1. The summed E-state index contributed by atoms with van der Waals surface area (Å²) in [6.45, 7) is 0.546. The van der Waals surface area contributed by atoms with Gasteiger partial charge in [-0.2, -0.15) is 0 Å². The molecule has 0 spiro atoms. The monoisotopic (exact) mass is 506 g/mol. The molecule has 7 nitrogen and oxygen atoms in total. The van der Waals surface area contributed by atoms with E-state index in [-0.39, 0.29) is 11.1 Å². The molecule has 10 heteroatoms. The fourth-order valence-corrected chi connectivity index (χ4v) is 5.89. The standard InChI is InChI=1S/C21H19AsClFN3O4/c1-30-17-9-15-12(8-18(17)31-11-5-6-25-16(7-11)21(28)29)20(27-10-26-15)22-13-3-2-4-14(23)19(13)24/h2-4,8-11,16,25H,5-7H2,1H3,(H,28,29). The van der Waals surface area contributed by atoms with Crippen molar-refractivity contribution in [1.82, 2.24) is 15.3 Å². The van der Waals surface area contributed by atoms with Crippen molar-refractivity contribution < 1.29 is 23.8 Å². The van der Waals surface area contributed by atoms with Crippen LogP contribution in [-0.2, 0) is 4.79 Å². The number of nitrogens with one attached hydrogen (secondary N) is 1. The Kier molecular flexibility index (Phi) is 6.60. The van der Waals surface area contributed by atoms with E-state index in [9.17, 15) is 14.3 Å². The zero-order chi connectivity index (χ0) is 22.0. The van der Waals surface area contributed by atoms with Crippen molar-refractivity contribution in [2.75, 3.05) is 13.7 Å². The molecule has 1 saturated heterocycles. The Balaban J connectivity index is 1.68. The van der Waals surface area contributed by atoms with E-state index in [1.54, 1.807) is 24.3 Å². The maximum absolute atomic E-state index is 14.4. The molecule has 31 heavy (non-hydrogen) atoms. The molecule has 0 aliphatic carbocycles. The molecule has 2 atom stereocenters. The Morgan fingerprint density at radius 1 is 1.32 bits per heavy atom. The fraction of sp³-hybridized carbons (Fsp3) is 0.286. The van der Waals surface area contributed by atoms with Gasteiger partial charge < -0.3 is 0 Å². The number of fused-ring (bicyclic) bond motifs is 1. The van der Waals surface area contributed by atoms with Gasteiger partial charge >= 0.3 is 190 Å². The van der Waals surface area contributed by atoms with Gasteiger partial charge in [-0.3, -0.25) is 0 Å². The summed E-state index contributed by atoms with van der Waals surface area (Å²) in [7, 11) is 1.53. The van der Waals surface area contributed by atoms with Gasteiger partial charge in [-0.25, -0.2) is 0 Å². The summed E-state index contributed by atoms with van der Waals surface area (Å²) in [5.74, 6) is -0.361. The summed E-state index contributed by atoms with van der Waals surface area (Å²) in [5.41, 5.74) is 0.653. The second kappa shape index (κ2) is 9.38. The van der Waals surface area contributed by atoms with Crippen LogP contribution in [0, 0.1) is 5.82 Å². The third-order valence-electron chi connectivity index (χ3n) is 5.00. The molecule has 4 rings (SSSR count). The number of aliphatic carboxylic acids is 1. The minimum atomic E-state index is -0.901. The van der Waals surface area contributed by atoms with Gasteiger partial charge in [0.1, 0.15) is 0 Å². The summed E-state index contributed by atoms with van der Waals surface area (Å²) in [5, 5.41) is 13.1. The van der Waals surface area contributed by atoms with Crippen LogP contribution in [0.4, 0.5) is 4.39 Å². The second-order valence-electron chi connectivity index (χ2n) is 7.01. The average Bonchev–Trinajstić information content (AvgIpc) is 2.77. The van der Waals surface area contributed by atoms with Crippen LogP contribution < -0.4 is 23.6 Å². The van der Waals surface area contributed by atoms with E-state index in [2.05, 4.69) is 15.3 Å². The predicted octanol–water partition coefficient (Wildman–Crippen LogP) is 1.67. The number of hydrogen-bond acceptors (Lipinski definition) is 6. The van der Waals surface area contributed by atoms with Crippen LogP contribution in [0.3, 0.4) is 0 Å². The fourth-order valence-electron chi connectivity index (χ4n) is 3.44. The van der Waals surface area contributed by atoms with E-state index in [4.69, 9.17) is 21.1 Å². The van der Waals surface area contributed by atoms with Gasteiger partial charge in [0.2, 0.25) is 0 Å². The molecule has 1 aliphatic heterocycles. The van der Waals surface area contributed by atoms with Gasteiger partial charge in [-0.05, 0) is 0 Å². The first-order valence-corrected chi connectivity index (χ1v) is 11.8. The summed E-state index contributed by atoms with van der Waals surface area (Å²) >= 11 is 5.14. The zero-order valence-electron chi connectivity index (χ0n) is 16.5. The molecular formula is C21H19AsClFN3O4. The van der Waals surface area contributed by atoms with Crippen LogP contribution in [0.15, 0.2) is 36.7 Å². The Morgan fingerprint density at radius 2 is 2.16 bits per heavy atom. The molecule has 1 radical (unpaired) electrons. The molecule has 2 heterocycles. The van der Waals surface area contributed by atoms with Crippen LogP contribution in [-0.4, -0.2) is 62.6 Å². The number of ether oxygens (including phenoxy) is 2. The number of carbonyl (C=O) groups is 1. The van der Waals surface area contributed by atoms with Gasteiger partial charge in [-0.1, -0.05) is 0 Å². The summed E-state index contributed by atoms with van der Waals surface area (Å²) in [6, 6.07) is 7.82. The van der Waals surface area contributed by atoms with Gasteiger partial charge in [-0.15, -0.1) is 0 Å². The number of aromatic nitrogens is 2. The molecule has 2 unspecified atom stereocenters. The van der Waals surface area contributed by atoms with E-state index in [1.165, 1.54) is 19.5 Å². The van der Waals surface area contributed by atoms with Crippen molar-refractivity contribution in [3.63, 3.8) is 0 Å². The van der Waals surface area contributed by atoms with Crippen molar-refractivity contribution in [1.29, 1.82) is 0 Å². The molecule has 2 N–H and O–H groups in total. The number of rotatable bonds is 6. The first-order valence-electron chi connectivity index (χ1n) is 9.57. The molecule has 0 amide bonds. The minimum absolute atomic E-state index is 0.0794. The van der Waals surface area contributed by atoms with Crippen molar-refractivity contribution in [2.24, 2.45) is 0 Å². The Hall–Kier alpha value is -2.41. The van der Waals surface area contributed by atoms with Gasteiger partial charge in [0.05, 0.1) is 0 Å². The van der Waals surface area contributed by atoms with E-state index in [0.717, 1.165) is 5.39 Å². The van der Waals surface area contributed by atoms with E-state index in [1.807, 2.05) is 0 Å². The zero-order valence-corrected chi connectivity index (χ0v) is 19.1. The summed E-state index contributed by atoms with van der Waals surface area (Å²) < 4.78 is 27.3. The van der Waals surface area contributed by atoms with Crippen molar-refractivity contribution in [2.45, 2.75) is 25.0 Å². The summed E-state index contributed by atoms with van der Waals surface area (Å²) in [4.78, 5) is 20.0. The third-order valence-corrected chi connectivity index (χ3v) is 7.72. The molecular weight excluding hydrogens is 488 g/mol. The normalized spacial score (nSPS) is 19.1. The van der Waals surface area contributed by atoms with E-state index >= 15 is 0 Å². The number of halogens is 2. The number of carboxylic acid groups (broad SMARTS) is 1. The molecule has 161 valence electrons. The Bertz CT molecular complexity index is 1130. The van der Waals surface area contributed by atoms with Crippen LogP contribution in [0.5, 0.6) is 11.5 Å². The predicted molar refractivity (Wildman–Crippen MR) is 116 cm³/mol. The van der Waals surface area contributed by atoms with Crippen molar-refractivity contribution in [3.05, 3.63) is 47.5 Å². The molecule has 1 aliphatic rings. The van der Waals surface area contributed by atoms with Crippen LogP contribution >= 0.6 is 11.6 Å². The third kappa shape index (κ3) is 4.76. The first-order chi connectivity index (χ1) is 15.0. The van der Waals surface area contributed by atoms with Crippen LogP contribution in [0.1, 0.15) is 12.8 Å². The quantitative estimate of drug-likeness (QED) is 0.491. The number of methoxy groups -OCH3 is 1. The first kappa shape index (κ1) is 21.8. The number of hydrogen-bond donors (Lipinski definition) is 2. The van der Waals surface area contributed by atoms with Crippen LogP contribution in [0.25, 0.3) is 10.9 Å². The number of piperidine rings is 1. The molecule has 0 bridgehead atoms. The van der Waals surface area contributed by atoms with E-state index < -0.39 is 33.6 Å².